The third-order valence-electron chi connectivity index (χ3n) is 4.29. The minimum atomic E-state index is -7.43. The first-order valence-electron chi connectivity index (χ1n) is 9.46. The molecule has 0 aliphatic carbocycles. The van der Waals surface area contributed by atoms with Crippen LogP contribution in [0, 0.1) is 0 Å². The number of halogens is 27. The molecule has 0 saturated heterocycles. The number of hydrogen-bond acceptors (Lipinski definition) is 9. The summed E-state index contributed by atoms with van der Waals surface area (Å²) in [5.41, 5.74) is 0. The molecule has 0 aliphatic rings. The molecule has 0 radical (unpaired) electrons. The van der Waals surface area contributed by atoms with Gasteiger partial charge in [0.05, 0.1) is 0 Å². The molecule has 0 aromatic rings. The first-order valence-corrected chi connectivity index (χ1v) is 13.7. The van der Waals surface area contributed by atoms with Gasteiger partial charge in [0.2, 0.25) is 0 Å². The van der Waals surface area contributed by atoms with Crippen LogP contribution in [0.5, 0.6) is 0 Å². The molecule has 0 amide bonds. The maximum absolute atomic E-state index is 12.2. The van der Waals surface area contributed by atoms with Crippen LogP contribution in [-0.4, -0.2) is 109 Å². The van der Waals surface area contributed by atoms with Crippen molar-refractivity contribution < 1.29 is 183 Å². The third-order valence-corrected chi connectivity index (χ3v) is 6.94. The van der Waals surface area contributed by atoms with Gasteiger partial charge < -0.3 is 13.7 Å². The predicted octanol–water partition coefficient (Wildman–Crippen LogP) is 5.87. The second kappa shape index (κ2) is 15.0. The van der Waals surface area contributed by atoms with Gasteiger partial charge in [0.15, 0.2) is 30.4 Å². The number of alkyl halides is 27. The van der Waals surface area contributed by atoms with Crippen molar-refractivity contribution in [3.63, 3.8) is 0 Å². The van der Waals surface area contributed by atoms with Crippen molar-refractivity contribution in [3.05, 3.63) is 0 Å². The summed E-state index contributed by atoms with van der Waals surface area (Å²) < 4.78 is 406. The van der Waals surface area contributed by atoms with E-state index in [0.29, 0.717) is 0 Å². The van der Waals surface area contributed by atoms with Gasteiger partial charge in [0, 0.05) is 0 Å². The molecule has 0 saturated carbocycles. The summed E-state index contributed by atoms with van der Waals surface area (Å²) in [6.07, 6.45) is -21.5. The van der Waals surface area contributed by atoms with Crippen molar-refractivity contribution in [2.75, 3.05) is 0 Å². The second-order valence-electron chi connectivity index (χ2n) is 7.85. The molecule has 0 spiro atoms. The van der Waals surface area contributed by atoms with E-state index in [2.05, 4.69) is 0 Å². The molecular formula is C12F27O9S3Sc. The van der Waals surface area contributed by atoms with Crippen LogP contribution in [0.4, 0.5) is 119 Å². The Hall–Kier alpha value is -1.29. The minimum Gasteiger partial charge on any atom is -0.743 e. The summed E-state index contributed by atoms with van der Waals surface area (Å²) in [6, 6.07) is 0. The van der Waals surface area contributed by atoms with Crippen LogP contribution < -0.4 is 0 Å². The monoisotopic (exact) mass is 942 g/mol. The molecule has 0 rings (SSSR count). The largest absolute Gasteiger partial charge is 3.00 e. The Morgan fingerprint density at radius 2 is 0.346 bits per heavy atom. The van der Waals surface area contributed by atoms with E-state index in [4.69, 9.17) is 0 Å². The molecule has 9 nitrogen and oxygen atoms in total. The van der Waals surface area contributed by atoms with Gasteiger partial charge in [-0.05, 0) is 0 Å². The van der Waals surface area contributed by atoms with Gasteiger partial charge in [0.1, 0.15) is 0 Å². The van der Waals surface area contributed by atoms with E-state index in [9.17, 15) is 157 Å². The van der Waals surface area contributed by atoms with Crippen LogP contribution in [0.25, 0.3) is 0 Å². The zero-order chi connectivity index (χ0) is 43.5. The summed E-state index contributed by atoms with van der Waals surface area (Å²) in [5, 5.41) is -21.3. The minimum absolute atomic E-state index is 0. The van der Waals surface area contributed by atoms with Gasteiger partial charge in [-0.15, -0.1) is 0 Å². The van der Waals surface area contributed by atoms with E-state index in [1.165, 1.54) is 0 Å². The smallest absolute Gasteiger partial charge is 0.743 e. The normalized spacial score (nSPS) is 15.8. The van der Waals surface area contributed by atoms with Crippen LogP contribution in [-0.2, 0) is 56.2 Å². The second-order valence-corrected chi connectivity index (χ2v) is 12.1. The summed E-state index contributed by atoms with van der Waals surface area (Å²) in [5.74, 6) is -44.5. The Labute approximate surface area is 283 Å². The summed E-state index contributed by atoms with van der Waals surface area (Å²) in [4.78, 5) is 0. The number of rotatable bonds is 9. The molecule has 40 heteroatoms. The SMILES string of the molecule is O=S(=O)([O-])C(F)(F)C(F)(F)C(F)(F)C(F)(F)F.O=S(=O)([O-])C(F)(F)C(F)(F)C(F)(F)C(F)(F)F.O=S(=O)([O-])C(F)(F)C(F)(F)C(F)(F)C(F)(F)F.[Sc+3]. The van der Waals surface area contributed by atoms with Crippen LogP contribution in [0.1, 0.15) is 0 Å². The molecule has 0 aromatic carbocycles. The van der Waals surface area contributed by atoms with Gasteiger partial charge in [-0.3, -0.25) is 0 Å². The average molecular weight is 942 g/mol. The zero-order valence-electron chi connectivity index (χ0n) is 21.7. The van der Waals surface area contributed by atoms with E-state index in [0.717, 1.165) is 0 Å². The first kappa shape index (κ1) is 57.4. The summed E-state index contributed by atoms with van der Waals surface area (Å²) >= 11 is 0. The van der Waals surface area contributed by atoms with Crippen molar-refractivity contribution in [2.45, 2.75) is 69.8 Å². The maximum Gasteiger partial charge on any atom is 3.00 e. The number of hydrogen-bond donors (Lipinski definition) is 0. The fourth-order valence-corrected chi connectivity index (χ4v) is 2.88. The predicted molar refractivity (Wildman–Crippen MR) is 91.8 cm³/mol. The maximum atomic E-state index is 12.2. The Balaban J connectivity index is -0.000000329. The molecule has 0 unspecified atom stereocenters. The van der Waals surface area contributed by atoms with Crippen molar-refractivity contribution in [1.82, 2.24) is 0 Å². The van der Waals surface area contributed by atoms with Crippen molar-refractivity contribution in [1.29, 1.82) is 0 Å². The molecule has 0 heterocycles. The van der Waals surface area contributed by atoms with Crippen LogP contribution in [0.2, 0.25) is 0 Å². The molecule has 0 aromatic heterocycles. The Bertz CT molecular complexity index is 1370. The fraction of sp³-hybridized carbons (Fsp3) is 1.00. The Morgan fingerprint density at radius 3 is 0.404 bits per heavy atom. The standard InChI is InChI=1S/3C4HF9O3S.Sc/c3*5-1(6,3(9,10)11)2(7,8)4(12,13)17(14,15)16;/h3*(H,14,15,16);/q;;;+3/p-3. The topological polar surface area (TPSA) is 172 Å². The fourth-order valence-electron chi connectivity index (χ4n) is 1.55. The summed E-state index contributed by atoms with van der Waals surface area (Å²) in [6.45, 7) is 0. The van der Waals surface area contributed by atoms with Gasteiger partial charge in [-0.1, -0.05) is 0 Å². The van der Waals surface area contributed by atoms with Crippen molar-refractivity contribution in [2.24, 2.45) is 0 Å². The van der Waals surface area contributed by atoms with E-state index < -0.39 is 100 Å². The first-order chi connectivity index (χ1) is 21.0. The van der Waals surface area contributed by atoms with Gasteiger partial charge >= 0.3 is 95.7 Å². The third kappa shape index (κ3) is 9.74. The van der Waals surface area contributed by atoms with Gasteiger partial charge in [0.25, 0.3) is 0 Å². The van der Waals surface area contributed by atoms with Gasteiger partial charge in [-0.25, -0.2) is 25.3 Å². The van der Waals surface area contributed by atoms with Crippen LogP contribution >= 0.6 is 0 Å². The van der Waals surface area contributed by atoms with Crippen LogP contribution in [0.3, 0.4) is 0 Å². The van der Waals surface area contributed by atoms with E-state index >= 15 is 0 Å². The molecular weight excluding hydrogens is 942 g/mol. The molecule has 52 heavy (non-hydrogen) atoms. The Morgan fingerprint density at radius 1 is 0.250 bits per heavy atom. The molecule has 0 aliphatic heterocycles. The van der Waals surface area contributed by atoms with E-state index in [1.54, 1.807) is 0 Å². The zero-order valence-corrected chi connectivity index (χ0v) is 25.9. The summed E-state index contributed by atoms with van der Waals surface area (Å²) in [7, 11) is -22.3. The quantitative estimate of drug-likeness (QED) is 0.203. The van der Waals surface area contributed by atoms with Crippen LogP contribution in [0.15, 0.2) is 0 Å². The van der Waals surface area contributed by atoms with Crippen molar-refractivity contribution >= 4 is 30.4 Å². The molecule has 0 bridgehead atoms. The van der Waals surface area contributed by atoms with Gasteiger partial charge in [-0.2, -0.15) is 119 Å². The average Bonchev–Trinajstić information content (AvgIpc) is 2.79. The van der Waals surface area contributed by atoms with Crippen molar-refractivity contribution in [3.8, 4) is 0 Å². The molecule has 0 N–H and O–H groups in total. The molecule has 0 fully saturated rings. The molecule has 0 atom stereocenters. The Kier molecular flexibility index (Phi) is 16.6. The van der Waals surface area contributed by atoms with E-state index in [1.807, 2.05) is 0 Å². The van der Waals surface area contributed by atoms with E-state index in [-0.39, 0.29) is 25.8 Å². The molecule has 312 valence electrons.